The molecule has 1 aliphatic heterocycles. The summed E-state index contributed by atoms with van der Waals surface area (Å²) in [6.07, 6.45) is 23.9. The lowest BCUT2D eigenvalue weighted by atomic mass is 9.94. The number of nitrogens with zero attached hydrogens (tertiary/aromatic N) is 1. The number of benzene rings is 1. The molecular formula is C50H84N2O10. The molecule has 12 heteroatoms. The average Bonchev–Trinajstić information content (AvgIpc) is 3.24. The van der Waals surface area contributed by atoms with E-state index in [0.717, 1.165) is 44.1 Å². The Hall–Kier alpha value is -3.67. The molecule has 1 heterocycles. The van der Waals surface area contributed by atoms with Gasteiger partial charge in [0.05, 0.1) is 0 Å². The van der Waals surface area contributed by atoms with Gasteiger partial charge in [-0.3, -0.25) is 19.2 Å². The fourth-order valence-electron chi connectivity index (χ4n) is 8.20. The van der Waals surface area contributed by atoms with Crippen LogP contribution in [0.25, 0.3) is 0 Å². The molecule has 12 nitrogen and oxygen atoms in total. The number of rotatable bonds is 35. The second kappa shape index (κ2) is 34.8. The lowest BCUT2D eigenvalue weighted by molar-refractivity contribution is -0.245. The average molecular weight is 873 g/mol. The van der Waals surface area contributed by atoms with Crippen LogP contribution in [0.5, 0.6) is 0 Å². The Labute approximate surface area is 374 Å². The van der Waals surface area contributed by atoms with E-state index in [1.165, 1.54) is 130 Å². The van der Waals surface area contributed by atoms with E-state index >= 15 is 0 Å². The Morgan fingerprint density at radius 1 is 0.565 bits per heavy atom. The third-order valence-corrected chi connectivity index (χ3v) is 11.6. The highest BCUT2D eigenvalue weighted by molar-refractivity contribution is 5.77. The van der Waals surface area contributed by atoms with Crippen LogP contribution in [-0.2, 0) is 49.5 Å². The summed E-state index contributed by atoms with van der Waals surface area (Å²) in [5, 5.41) is 2.82. The summed E-state index contributed by atoms with van der Waals surface area (Å²) in [5.41, 5.74) is 0.760. The predicted octanol–water partition coefficient (Wildman–Crippen LogP) is 11.4. The first-order valence-electron chi connectivity index (χ1n) is 24.5. The van der Waals surface area contributed by atoms with Gasteiger partial charge in [0.15, 0.2) is 18.4 Å². The van der Waals surface area contributed by atoms with Gasteiger partial charge in [-0.1, -0.05) is 192 Å². The first-order chi connectivity index (χ1) is 30.1. The van der Waals surface area contributed by atoms with Crippen LogP contribution in [-0.4, -0.2) is 78.5 Å². The van der Waals surface area contributed by atoms with Crippen molar-refractivity contribution >= 4 is 29.9 Å². The van der Waals surface area contributed by atoms with Crippen LogP contribution in [0.15, 0.2) is 30.3 Å². The van der Waals surface area contributed by atoms with E-state index in [-0.39, 0.29) is 25.5 Å². The molecule has 1 saturated heterocycles. The summed E-state index contributed by atoms with van der Waals surface area (Å²) in [6.45, 7) is 8.08. The monoisotopic (exact) mass is 873 g/mol. The smallest absolute Gasteiger partial charge is 0.407 e. The number of carbonyl (C=O) groups is 5. The molecule has 354 valence electrons. The van der Waals surface area contributed by atoms with E-state index in [4.69, 9.17) is 23.7 Å². The standard InChI is InChI=1S/C50H84N2O10/c1-6-8-10-12-14-16-17-18-19-20-21-22-24-26-28-33-37-52(45(56)36-32-27-25-23-15-13-11-9-7-2)49-46(51-50(57)59-38-43-34-30-29-31-35-43)48(61-42(5)55)47(60-41(4)54)44(62-49)39-58-40(3)53/h29-31,34-35,44,46-49H,6-28,32-33,36-39H2,1-5H3,(H,51,57)/t44-,46-,47+,48-,49-/m1/s1. The summed E-state index contributed by atoms with van der Waals surface area (Å²) < 4.78 is 29.0. The van der Waals surface area contributed by atoms with Crippen LogP contribution < -0.4 is 5.32 Å². The zero-order chi connectivity index (χ0) is 45.2. The van der Waals surface area contributed by atoms with Gasteiger partial charge in [-0.2, -0.15) is 0 Å². The van der Waals surface area contributed by atoms with Crippen molar-refractivity contribution in [2.45, 2.75) is 239 Å². The first kappa shape index (κ1) is 54.5. The zero-order valence-corrected chi connectivity index (χ0v) is 39.3. The van der Waals surface area contributed by atoms with Gasteiger partial charge in [0, 0.05) is 33.7 Å². The van der Waals surface area contributed by atoms with Gasteiger partial charge in [0.2, 0.25) is 5.91 Å². The molecule has 0 unspecified atom stereocenters. The van der Waals surface area contributed by atoms with Gasteiger partial charge in [-0.05, 0) is 18.4 Å². The van der Waals surface area contributed by atoms with Gasteiger partial charge in [-0.25, -0.2) is 4.79 Å². The molecule has 2 rings (SSSR count). The molecule has 1 aliphatic rings. The van der Waals surface area contributed by atoms with Gasteiger partial charge in [0.25, 0.3) is 0 Å². The Kier molecular flexibility index (Phi) is 30.5. The molecule has 5 atom stereocenters. The highest BCUT2D eigenvalue weighted by atomic mass is 16.6. The number of hydrogen-bond acceptors (Lipinski definition) is 10. The Morgan fingerprint density at radius 3 is 1.48 bits per heavy atom. The maximum atomic E-state index is 14.4. The molecule has 0 radical (unpaired) electrons. The number of unbranched alkanes of at least 4 members (excludes halogenated alkanes) is 23. The maximum absolute atomic E-state index is 14.4. The second-order valence-electron chi connectivity index (χ2n) is 17.2. The lowest BCUT2D eigenvalue weighted by Crippen LogP contribution is -2.70. The minimum atomic E-state index is -1.31. The molecule has 0 aliphatic carbocycles. The molecule has 2 amide bonds. The minimum Gasteiger partial charge on any atom is -0.463 e. The molecule has 62 heavy (non-hydrogen) atoms. The molecule has 0 bridgehead atoms. The maximum Gasteiger partial charge on any atom is 0.407 e. The number of amides is 2. The van der Waals surface area contributed by atoms with Crippen molar-refractivity contribution in [2.24, 2.45) is 0 Å². The predicted molar refractivity (Wildman–Crippen MR) is 243 cm³/mol. The number of carbonyl (C=O) groups excluding carboxylic acids is 5. The summed E-state index contributed by atoms with van der Waals surface area (Å²) >= 11 is 0. The van der Waals surface area contributed by atoms with Crippen molar-refractivity contribution < 1.29 is 47.7 Å². The van der Waals surface area contributed by atoms with E-state index in [1.54, 1.807) is 4.90 Å². The third-order valence-electron chi connectivity index (χ3n) is 11.6. The normalized spacial score (nSPS) is 18.4. The van der Waals surface area contributed by atoms with Crippen LogP contribution in [0.2, 0.25) is 0 Å². The number of esters is 3. The number of ether oxygens (including phenoxy) is 5. The van der Waals surface area contributed by atoms with E-state index < -0.39 is 54.6 Å². The van der Waals surface area contributed by atoms with E-state index in [1.807, 2.05) is 30.3 Å². The van der Waals surface area contributed by atoms with Crippen molar-refractivity contribution in [3.05, 3.63) is 35.9 Å². The molecule has 0 saturated carbocycles. The number of hydrogen-bond donors (Lipinski definition) is 1. The summed E-state index contributed by atoms with van der Waals surface area (Å²) in [5.74, 6) is -2.15. The van der Waals surface area contributed by atoms with E-state index in [9.17, 15) is 24.0 Å². The van der Waals surface area contributed by atoms with E-state index in [2.05, 4.69) is 19.2 Å². The van der Waals surface area contributed by atoms with Crippen LogP contribution in [0, 0.1) is 0 Å². The molecule has 0 aromatic heterocycles. The van der Waals surface area contributed by atoms with Gasteiger partial charge in [0.1, 0.15) is 25.4 Å². The van der Waals surface area contributed by atoms with Gasteiger partial charge >= 0.3 is 24.0 Å². The van der Waals surface area contributed by atoms with Crippen LogP contribution in [0.3, 0.4) is 0 Å². The fraction of sp³-hybridized carbons (Fsp3) is 0.780. The third kappa shape index (κ3) is 24.8. The Balaban J connectivity index is 2.22. The SMILES string of the molecule is CCCCCCCCCCCCCCCCCCN(C(=O)CCCCCCCCCCC)[C@@H]1O[C@H](COC(C)=O)[C@H](OC(C)=O)[C@H](OC(C)=O)[C@H]1NC(=O)OCc1ccccc1. The summed E-state index contributed by atoms with van der Waals surface area (Å²) in [4.78, 5) is 66.7. The van der Waals surface area contributed by atoms with Crippen molar-refractivity contribution in [1.29, 1.82) is 0 Å². The van der Waals surface area contributed by atoms with Crippen molar-refractivity contribution in [2.75, 3.05) is 13.2 Å². The highest BCUT2D eigenvalue weighted by Crippen LogP contribution is 2.30. The van der Waals surface area contributed by atoms with Gasteiger partial charge < -0.3 is 33.9 Å². The molecule has 0 spiro atoms. The molecule has 1 N–H and O–H groups in total. The Morgan fingerprint density at radius 2 is 1.02 bits per heavy atom. The number of alkyl carbamates (subject to hydrolysis) is 1. The summed E-state index contributed by atoms with van der Waals surface area (Å²) in [6, 6.07) is 7.97. The van der Waals surface area contributed by atoms with Gasteiger partial charge in [-0.15, -0.1) is 0 Å². The van der Waals surface area contributed by atoms with Crippen LogP contribution in [0.4, 0.5) is 4.79 Å². The minimum absolute atomic E-state index is 0.0357. The molecule has 1 fully saturated rings. The van der Waals surface area contributed by atoms with Crippen LogP contribution >= 0.6 is 0 Å². The lowest BCUT2D eigenvalue weighted by Gasteiger charge is -2.48. The fourth-order valence-corrected chi connectivity index (χ4v) is 8.20. The second-order valence-corrected chi connectivity index (χ2v) is 17.2. The van der Waals surface area contributed by atoms with Crippen molar-refractivity contribution in [3.8, 4) is 0 Å². The molecule has 1 aromatic carbocycles. The summed E-state index contributed by atoms with van der Waals surface area (Å²) in [7, 11) is 0. The van der Waals surface area contributed by atoms with Crippen molar-refractivity contribution in [3.63, 3.8) is 0 Å². The molecule has 1 aromatic rings. The van der Waals surface area contributed by atoms with Crippen LogP contribution in [0.1, 0.15) is 207 Å². The quantitative estimate of drug-likeness (QED) is 0.0397. The largest absolute Gasteiger partial charge is 0.463 e. The molecular weight excluding hydrogens is 789 g/mol. The highest BCUT2D eigenvalue weighted by Gasteiger charge is 2.53. The zero-order valence-electron chi connectivity index (χ0n) is 39.3. The number of nitrogens with one attached hydrogen (secondary N) is 1. The van der Waals surface area contributed by atoms with Crippen molar-refractivity contribution in [1.82, 2.24) is 10.2 Å². The topological polar surface area (TPSA) is 147 Å². The Bertz CT molecular complexity index is 1360. The first-order valence-corrected chi connectivity index (χ1v) is 24.5. The van der Waals surface area contributed by atoms with E-state index in [0.29, 0.717) is 19.4 Å².